The number of nitrogens with one attached hydrogen (secondary N) is 2. The van der Waals surface area contributed by atoms with Crippen molar-refractivity contribution in [3.8, 4) is 0 Å². The maximum absolute atomic E-state index is 13.1. The first kappa shape index (κ1) is 24.0. The summed E-state index contributed by atoms with van der Waals surface area (Å²) in [6, 6.07) is 17.0. The van der Waals surface area contributed by atoms with Crippen molar-refractivity contribution < 1.29 is 14.4 Å². The van der Waals surface area contributed by atoms with E-state index in [-0.39, 0.29) is 16.6 Å². The Balaban J connectivity index is 1.59. The largest absolute Gasteiger partial charge is 0.349 e. The van der Waals surface area contributed by atoms with Crippen LogP contribution in [0.5, 0.6) is 0 Å². The number of hydrogen-bond donors (Lipinski definition) is 2. The molecule has 1 aliphatic heterocycles. The van der Waals surface area contributed by atoms with Crippen molar-refractivity contribution in [2.75, 3.05) is 15.5 Å². The number of nitrogens with zero attached hydrogens (tertiary/aromatic N) is 1. The number of rotatable bonds is 5. The zero-order valence-corrected chi connectivity index (χ0v) is 21.2. The molecule has 0 saturated heterocycles. The van der Waals surface area contributed by atoms with Gasteiger partial charge in [-0.2, -0.15) is 0 Å². The molecule has 0 unspecified atom stereocenters. The van der Waals surface area contributed by atoms with Crippen molar-refractivity contribution in [2.45, 2.75) is 13.8 Å². The highest BCUT2D eigenvalue weighted by atomic mass is 79.9. The highest BCUT2D eigenvalue weighted by Crippen LogP contribution is 2.32. The van der Waals surface area contributed by atoms with Gasteiger partial charge in [-0.1, -0.05) is 51.3 Å². The van der Waals surface area contributed by atoms with Gasteiger partial charge in [-0.15, -0.1) is 0 Å². The summed E-state index contributed by atoms with van der Waals surface area (Å²) in [4.78, 5) is 39.6. The molecular weight excluding hydrogens is 541 g/mol. The highest BCUT2D eigenvalue weighted by Gasteiger charge is 2.39. The van der Waals surface area contributed by atoms with E-state index < -0.39 is 11.8 Å². The summed E-state index contributed by atoms with van der Waals surface area (Å²) < 4.78 is 0.914. The van der Waals surface area contributed by atoms with Crippen LogP contribution in [0.15, 0.2) is 75.9 Å². The summed E-state index contributed by atoms with van der Waals surface area (Å²) in [5, 5.41) is 5.97. The molecule has 0 aliphatic carbocycles. The van der Waals surface area contributed by atoms with Crippen molar-refractivity contribution in [3.05, 3.63) is 97.6 Å². The van der Waals surface area contributed by atoms with Crippen LogP contribution >= 0.6 is 39.1 Å². The van der Waals surface area contributed by atoms with Crippen LogP contribution in [-0.4, -0.2) is 17.7 Å². The molecule has 172 valence electrons. The minimum absolute atomic E-state index is 0.0731. The molecule has 34 heavy (non-hydrogen) atoms. The first-order chi connectivity index (χ1) is 16.2. The lowest BCUT2D eigenvalue weighted by atomic mass is 10.1. The third-order valence-electron chi connectivity index (χ3n) is 5.29. The lowest BCUT2D eigenvalue weighted by Crippen LogP contribution is -2.32. The summed E-state index contributed by atoms with van der Waals surface area (Å²) in [6.07, 6.45) is 0. The van der Waals surface area contributed by atoms with Crippen LogP contribution in [0.25, 0.3) is 0 Å². The summed E-state index contributed by atoms with van der Waals surface area (Å²) in [5.41, 5.74) is 3.43. The Hall–Kier alpha value is -3.13. The molecule has 0 saturated carbocycles. The van der Waals surface area contributed by atoms with Gasteiger partial charge >= 0.3 is 0 Å². The monoisotopic (exact) mass is 557 g/mol. The molecule has 0 atom stereocenters. The third-order valence-corrected chi connectivity index (χ3v) is 6.37. The van der Waals surface area contributed by atoms with Crippen LogP contribution in [0.1, 0.15) is 21.5 Å². The molecule has 1 aliphatic rings. The first-order valence-corrected chi connectivity index (χ1v) is 11.7. The van der Waals surface area contributed by atoms with E-state index in [1.54, 1.807) is 36.4 Å². The Bertz CT molecular complexity index is 1390. The number of amides is 3. The van der Waals surface area contributed by atoms with Gasteiger partial charge in [0.1, 0.15) is 10.7 Å². The average molecular weight is 559 g/mol. The van der Waals surface area contributed by atoms with E-state index in [9.17, 15) is 14.4 Å². The van der Waals surface area contributed by atoms with Crippen molar-refractivity contribution in [1.29, 1.82) is 0 Å². The lowest BCUT2D eigenvalue weighted by molar-refractivity contribution is -0.120. The van der Waals surface area contributed by atoms with E-state index in [0.717, 1.165) is 20.5 Å². The molecular formula is C25H18BrCl2N3O3. The molecule has 1 heterocycles. The Morgan fingerprint density at radius 1 is 0.882 bits per heavy atom. The maximum Gasteiger partial charge on any atom is 0.283 e. The Labute approximate surface area is 214 Å². The fourth-order valence-corrected chi connectivity index (χ4v) is 4.33. The van der Waals surface area contributed by atoms with Gasteiger partial charge in [0.25, 0.3) is 17.7 Å². The van der Waals surface area contributed by atoms with Gasteiger partial charge in [0, 0.05) is 26.4 Å². The average Bonchev–Trinajstić information content (AvgIpc) is 3.00. The molecule has 0 bridgehead atoms. The Morgan fingerprint density at radius 2 is 1.65 bits per heavy atom. The van der Waals surface area contributed by atoms with E-state index in [4.69, 9.17) is 23.2 Å². The molecule has 3 aromatic rings. The van der Waals surface area contributed by atoms with Crippen molar-refractivity contribution in [2.24, 2.45) is 0 Å². The van der Waals surface area contributed by atoms with Crippen LogP contribution in [0, 0.1) is 13.8 Å². The minimum Gasteiger partial charge on any atom is -0.349 e. The van der Waals surface area contributed by atoms with Gasteiger partial charge in [0.15, 0.2) is 0 Å². The minimum atomic E-state index is -0.659. The van der Waals surface area contributed by atoms with Gasteiger partial charge in [0.05, 0.1) is 5.69 Å². The zero-order valence-electron chi connectivity index (χ0n) is 18.1. The number of aryl methyl sites for hydroxylation is 2. The Kier molecular flexibility index (Phi) is 6.79. The number of carbonyl (C=O) groups is 3. The van der Waals surface area contributed by atoms with Gasteiger partial charge < -0.3 is 10.6 Å². The zero-order chi connectivity index (χ0) is 24.6. The van der Waals surface area contributed by atoms with Crippen molar-refractivity contribution in [1.82, 2.24) is 0 Å². The number of carbonyl (C=O) groups excluding carboxylic acids is 3. The highest BCUT2D eigenvalue weighted by molar-refractivity contribution is 9.10. The van der Waals surface area contributed by atoms with Gasteiger partial charge in [-0.05, 0) is 73.5 Å². The number of halogens is 3. The van der Waals surface area contributed by atoms with E-state index >= 15 is 0 Å². The molecule has 2 N–H and O–H groups in total. The van der Waals surface area contributed by atoms with E-state index in [2.05, 4.69) is 26.6 Å². The second-order valence-electron chi connectivity index (χ2n) is 7.68. The smallest absolute Gasteiger partial charge is 0.283 e. The summed E-state index contributed by atoms with van der Waals surface area (Å²) >= 11 is 15.7. The normalized spacial score (nSPS) is 13.5. The van der Waals surface area contributed by atoms with Crippen LogP contribution in [-0.2, 0) is 9.59 Å². The first-order valence-electron chi connectivity index (χ1n) is 10.1. The summed E-state index contributed by atoms with van der Waals surface area (Å²) in [6.45, 7) is 3.71. The van der Waals surface area contributed by atoms with E-state index in [0.29, 0.717) is 27.6 Å². The summed E-state index contributed by atoms with van der Waals surface area (Å²) in [7, 11) is 0. The van der Waals surface area contributed by atoms with Crippen LogP contribution < -0.4 is 15.5 Å². The fourth-order valence-electron chi connectivity index (χ4n) is 3.46. The second-order valence-corrected chi connectivity index (χ2v) is 9.41. The van der Waals surface area contributed by atoms with Gasteiger partial charge in [-0.3, -0.25) is 14.4 Å². The van der Waals surface area contributed by atoms with E-state index in [1.165, 1.54) is 6.07 Å². The number of benzene rings is 3. The molecule has 0 spiro atoms. The molecule has 0 radical (unpaired) electrons. The predicted octanol–water partition coefficient (Wildman–Crippen LogP) is 6.41. The Morgan fingerprint density at radius 3 is 2.35 bits per heavy atom. The van der Waals surface area contributed by atoms with Crippen LogP contribution in [0.2, 0.25) is 5.02 Å². The molecule has 6 nitrogen and oxygen atoms in total. The van der Waals surface area contributed by atoms with E-state index in [1.807, 2.05) is 32.0 Å². The molecule has 0 fully saturated rings. The molecule has 3 amide bonds. The molecule has 3 aromatic carbocycles. The lowest BCUT2D eigenvalue weighted by Gasteiger charge is -2.16. The van der Waals surface area contributed by atoms with Crippen LogP contribution in [0.4, 0.5) is 17.1 Å². The SMILES string of the molecule is Cc1cc(Br)ccc1NC(=O)c1ccc(C)c(NC2=C(Cl)C(=O)N(c3cccc(Cl)c3)C2=O)c1. The predicted molar refractivity (Wildman–Crippen MR) is 138 cm³/mol. The third kappa shape index (κ3) is 4.73. The van der Waals surface area contributed by atoms with Crippen molar-refractivity contribution in [3.63, 3.8) is 0 Å². The van der Waals surface area contributed by atoms with Crippen LogP contribution in [0.3, 0.4) is 0 Å². The molecule has 4 rings (SSSR count). The molecule has 0 aromatic heterocycles. The number of hydrogen-bond acceptors (Lipinski definition) is 4. The number of anilines is 3. The van der Waals surface area contributed by atoms with Gasteiger partial charge in [0.2, 0.25) is 0 Å². The number of imide groups is 1. The topological polar surface area (TPSA) is 78.5 Å². The quantitative estimate of drug-likeness (QED) is 0.355. The second kappa shape index (κ2) is 9.62. The standard InChI is InChI=1S/C25H18BrCl2N3O3/c1-13-6-7-15(23(32)30-19-9-8-16(26)10-14(19)2)11-20(13)29-22-21(28)24(33)31(25(22)34)18-5-3-4-17(27)12-18/h3-12,29H,1-2H3,(H,30,32). The fraction of sp³-hybridized carbons (Fsp3) is 0.0800. The maximum atomic E-state index is 13.1. The molecule has 9 heteroatoms. The van der Waals surface area contributed by atoms with Gasteiger partial charge in [-0.25, -0.2) is 4.90 Å². The van der Waals surface area contributed by atoms with Crippen molar-refractivity contribution >= 4 is 73.9 Å². The summed E-state index contributed by atoms with van der Waals surface area (Å²) in [5.74, 6) is -1.59.